The number of benzene rings is 1. The molecule has 0 amide bonds. The number of carbonyl (C=O) groups excluding carboxylic acids is 1. The van der Waals surface area contributed by atoms with Crippen LogP contribution in [0.5, 0.6) is 5.75 Å². The highest BCUT2D eigenvalue weighted by atomic mass is 32.3. The van der Waals surface area contributed by atoms with Crippen molar-refractivity contribution in [3.8, 4) is 5.75 Å². The van der Waals surface area contributed by atoms with Crippen LogP contribution in [0.2, 0.25) is 0 Å². The minimum Gasteiger partial charge on any atom is -0.469 e. The number of hydrogen-bond donors (Lipinski definition) is 0. The topological polar surface area (TPSA) is 69.7 Å². The quantitative estimate of drug-likeness (QED) is 0.587. The Balaban J connectivity index is 2.72. The molecule has 0 aliphatic heterocycles. The molecule has 0 bridgehead atoms. The summed E-state index contributed by atoms with van der Waals surface area (Å²) < 4.78 is 40.8. The van der Waals surface area contributed by atoms with Gasteiger partial charge in [-0.1, -0.05) is 16.0 Å². The van der Waals surface area contributed by atoms with Crippen LogP contribution in [0.25, 0.3) is 0 Å². The van der Waals surface area contributed by atoms with Crippen molar-refractivity contribution in [2.24, 2.45) is 0 Å². The molecule has 0 aliphatic rings. The fourth-order valence-electron chi connectivity index (χ4n) is 1.02. The van der Waals surface area contributed by atoms with Gasteiger partial charge in [0, 0.05) is 0 Å². The first-order valence-electron chi connectivity index (χ1n) is 4.20. The van der Waals surface area contributed by atoms with Crippen LogP contribution in [0.15, 0.2) is 24.3 Å². The first kappa shape index (κ1) is 12.4. The van der Waals surface area contributed by atoms with E-state index in [2.05, 4.69) is 8.92 Å². The van der Waals surface area contributed by atoms with Crippen molar-refractivity contribution in [2.45, 2.75) is 6.42 Å². The van der Waals surface area contributed by atoms with Gasteiger partial charge in [0.15, 0.2) is 0 Å². The predicted octanol–water partition coefficient (Wildman–Crippen LogP) is 0.995. The van der Waals surface area contributed by atoms with Crippen LogP contribution >= 0.6 is 0 Å². The van der Waals surface area contributed by atoms with E-state index in [0.717, 1.165) is 0 Å². The van der Waals surface area contributed by atoms with Gasteiger partial charge < -0.3 is 8.92 Å². The van der Waals surface area contributed by atoms with Crippen LogP contribution in [-0.4, -0.2) is 21.5 Å². The summed E-state index contributed by atoms with van der Waals surface area (Å²) in [6, 6.07) is 5.37. The SMILES string of the molecule is COC(=O)Cc1ccc(OS(=O)(=O)F)cc1. The molecule has 7 heteroatoms. The maximum atomic E-state index is 12.1. The van der Waals surface area contributed by atoms with E-state index >= 15 is 0 Å². The van der Waals surface area contributed by atoms with E-state index in [1.165, 1.54) is 31.4 Å². The van der Waals surface area contributed by atoms with Crippen LogP contribution < -0.4 is 4.18 Å². The fraction of sp³-hybridized carbons (Fsp3) is 0.222. The summed E-state index contributed by atoms with van der Waals surface area (Å²) in [5, 5.41) is 0. The van der Waals surface area contributed by atoms with Crippen LogP contribution in [0.4, 0.5) is 3.89 Å². The molecule has 1 rings (SSSR count). The molecule has 88 valence electrons. The van der Waals surface area contributed by atoms with Crippen LogP contribution in [-0.2, 0) is 26.5 Å². The summed E-state index contributed by atoms with van der Waals surface area (Å²) in [6.45, 7) is 0. The molecule has 0 unspecified atom stereocenters. The normalized spacial score (nSPS) is 10.9. The van der Waals surface area contributed by atoms with Gasteiger partial charge >= 0.3 is 16.5 Å². The lowest BCUT2D eigenvalue weighted by atomic mass is 10.1. The van der Waals surface area contributed by atoms with E-state index < -0.39 is 16.5 Å². The Hall–Kier alpha value is -1.63. The molecule has 1 aromatic carbocycles. The largest absolute Gasteiger partial charge is 0.488 e. The Morgan fingerprint density at radius 2 is 1.88 bits per heavy atom. The summed E-state index contributed by atoms with van der Waals surface area (Å²) in [4.78, 5) is 10.9. The Bertz CT molecular complexity index is 465. The maximum Gasteiger partial charge on any atom is 0.488 e. The van der Waals surface area contributed by atoms with E-state index in [-0.39, 0.29) is 12.2 Å². The van der Waals surface area contributed by atoms with E-state index in [4.69, 9.17) is 0 Å². The first-order chi connectivity index (χ1) is 7.40. The van der Waals surface area contributed by atoms with Gasteiger partial charge in [0.25, 0.3) is 0 Å². The highest BCUT2D eigenvalue weighted by Crippen LogP contribution is 2.15. The maximum absolute atomic E-state index is 12.1. The van der Waals surface area contributed by atoms with Crippen LogP contribution in [0.3, 0.4) is 0 Å². The highest BCUT2D eigenvalue weighted by molar-refractivity contribution is 7.81. The zero-order valence-corrected chi connectivity index (χ0v) is 9.16. The summed E-state index contributed by atoms with van der Waals surface area (Å²) in [7, 11) is -3.75. The van der Waals surface area contributed by atoms with E-state index in [0.29, 0.717) is 5.56 Å². The van der Waals surface area contributed by atoms with Crippen molar-refractivity contribution in [2.75, 3.05) is 7.11 Å². The molecule has 0 saturated carbocycles. The molecule has 1 aromatic rings. The minimum absolute atomic E-state index is 0.0547. The number of hydrogen-bond acceptors (Lipinski definition) is 5. The molecule has 0 radical (unpaired) electrons. The number of rotatable bonds is 4. The Kier molecular flexibility index (Phi) is 3.83. The zero-order chi connectivity index (χ0) is 12.2. The fourth-order valence-corrected chi connectivity index (χ4v) is 1.36. The van der Waals surface area contributed by atoms with Gasteiger partial charge in [-0.2, -0.15) is 8.42 Å². The molecular formula is C9H9FO5S. The van der Waals surface area contributed by atoms with Crippen molar-refractivity contribution >= 4 is 16.5 Å². The average Bonchev–Trinajstić information content (AvgIpc) is 2.18. The number of carbonyl (C=O) groups is 1. The van der Waals surface area contributed by atoms with Gasteiger partial charge in [-0.05, 0) is 17.7 Å². The molecular weight excluding hydrogens is 239 g/mol. The number of methoxy groups -OCH3 is 1. The Morgan fingerprint density at radius 3 is 2.31 bits per heavy atom. The second-order valence-electron chi connectivity index (χ2n) is 2.87. The van der Waals surface area contributed by atoms with E-state index in [1.807, 2.05) is 0 Å². The Labute approximate surface area is 92.2 Å². The van der Waals surface area contributed by atoms with Crippen LogP contribution in [0, 0.1) is 0 Å². The summed E-state index contributed by atoms with van der Waals surface area (Å²) >= 11 is 0. The van der Waals surface area contributed by atoms with E-state index in [9.17, 15) is 17.1 Å². The number of ether oxygens (including phenoxy) is 1. The lowest BCUT2D eigenvalue weighted by molar-refractivity contribution is -0.139. The molecule has 0 N–H and O–H groups in total. The molecule has 0 atom stereocenters. The first-order valence-corrected chi connectivity index (χ1v) is 5.51. The molecule has 0 aliphatic carbocycles. The van der Waals surface area contributed by atoms with Gasteiger partial charge in [-0.15, -0.1) is 0 Å². The van der Waals surface area contributed by atoms with Gasteiger partial charge in [0.1, 0.15) is 5.75 Å². The number of halogens is 1. The van der Waals surface area contributed by atoms with Gasteiger partial charge in [-0.25, -0.2) is 0 Å². The van der Waals surface area contributed by atoms with Gasteiger partial charge in [0.05, 0.1) is 13.5 Å². The third kappa shape index (κ3) is 4.26. The molecule has 0 heterocycles. The molecule has 0 spiro atoms. The average molecular weight is 248 g/mol. The smallest absolute Gasteiger partial charge is 0.469 e. The van der Waals surface area contributed by atoms with Gasteiger partial charge in [-0.3, -0.25) is 4.79 Å². The second-order valence-corrected chi connectivity index (χ2v) is 3.83. The third-order valence-corrected chi connectivity index (χ3v) is 2.09. The van der Waals surface area contributed by atoms with E-state index in [1.54, 1.807) is 0 Å². The zero-order valence-electron chi connectivity index (χ0n) is 8.34. The third-order valence-electron chi connectivity index (χ3n) is 1.70. The lowest BCUT2D eigenvalue weighted by Crippen LogP contribution is -2.05. The van der Waals surface area contributed by atoms with Gasteiger partial charge in [0.2, 0.25) is 0 Å². The second kappa shape index (κ2) is 4.93. The van der Waals surface area contributed by atoms with Crippen molar-refractivity contribution in [3.63, 3.8) is 0 Å². The molecule has 0 aromatic heterocycles. The Morgan fingerprint density at radius 1 is 1.31 bits per heavy atom. The molecule has 0 saturated heterocycles. The summed E-state index contributed by atoms with van der Waals surface area (Å²) in [5.74, 6) is -0.581. The summed E-state index contributed by atoms with van der Waals surface area (Å²) in [5.41, 5.74) is 0.607. The van der Waals surface area contributed by atoms with Crippen molar-refractivity contribution < 1.29 is 26.0 Å². The van der Waals surface area contributed by atoms with Crippen molar-refractivity contribution in [1.29, 1.82) is 0 Å². The standard InChI is InChI=1S/C9H9FO5S/c1-14-9(11)6-7-2-4-8(5-3-7)15-16(10,12)13/h2-5H,6H2,1H3. The van der Waals surface area contributed by atoms with Crippen LogP contribution in [0.1, 0.15) is 5.56 Å². The highest BCUT2D eigenvalue weighted by Gasteiger charge is 2.09. The predicted molar refractivity (Wildman–Crippen MR) is 52.8 cm³/mol. The molecule has 16 heavy (non-hydrogen) atoms. The lowest BCUT2D eigenvalue weighted by Gasteiger charge is -2.02. The van der Waals surface area contributed by atoms with Crippen molar-refractivity contribution in [1.82, 2.24) is 0 Å². The van der Waals surface area contributed by atoms with Crippen molar-refractivity contribution in [3.05, 3.63) is 29.8 Å². The minimum atomic E-state index is -5.01. The molecule has 0 fully saturated rings. The number of esters is 1. The molecule has 5 nitrogen and oxygen atoms in total. The monoisotopic (exact) mass is 248 g/mol. The summed E-state index contributed by atoms with van der Waals surface area (Å²) in [6.07, 6.45) is 0.0547.